The fourth-order valence-corrected chi connectivity index (χ4v) is 3.12. The van der Waals surface area contributed by atoms with Crippen LogP contribution in [0.15, 0.2) is 35.7 Å². The van der Waals surface area contributed by atoms with E-state index < -0.39 is 5.92 Å². The van der Waals surface area contributed by atoms with Gasteiger partial charge in [-0.1, -0.05) is 24.6 Å². The van der Waals surface area contributed by atoms with E-state index in [4.69, 9.17) is 11.6 Å². The molecule has 6 nitrogen and oxygen atoms in total. The first-order valence-electron chi connectivity index (χ1n) is 7.81. The molecule has 1 N–H and O–H groups in total. The monoisotopic (exact) mass is 394 g/mol. The number of halogens is 1. The SMILES string of the molecule is COC(=O)C(C)CN(C)C(=O)c1ccc(Cl)c(NC(=O)c2cccs2)c1. The van der Waals surface area contributed by atoms with E-state index in [9.17, 15) is 14.4 Å². The van der Waals surface area contributed by atoms with Crippen molar-refractivity contribution in [1.29, 1.82) is 0 Å². The van der Waals surface area contributed by atoms with Gasteiger partial charge in [0.15, 0.2) is 0 Å². The minimum Gasteiger partial charge on any atom is -0.469 e. The van der Waals surface area contributed by atoms with Crippen molar-refractivity contribution < 1.29 is 19.1 Å². The molecule has 1 unspecified atom stereocenters. The van der Waals surface area contributed by atoms with Crippen LogP contribution < -0.4 is 5.32 Å². The normalized spacial score (nSPS) is 11.5. The van der Waals surface area contributed by atoms with Crippen molar-refractivity contribution in [1.82, 2.24) is 4.90 Å². The van der Waals surface area contributed by atoms with Gasteiger partial charge in [-0.25, -0.2) is 0 Å². The number of esters is 1. The topological polar surface area (TPSA) is 75.7 Å². The Balaban J connectivity index is 2.13. The molecule has 8 heteroatoms. The van der Waals surface area contributed by atoms with Crippen molar-refractivity contribution in [2.45, 2.75) is 6.92 Å². The lowest BCUT2D eigenvalue weighted by Crippen LogP contribution is -2.34. The van der Waals surface area contributed by atoms with Crippen LogP contribution in [0.5, 0.6) is 0 Å². The molecular formula is C18H19ClN2O4S. The van der Waals surface area contributed by atoms with Crippen molar-refractivity contribution in [3.8, 4) is 0 Å². The van der Waals surface area contributed by atoms with Gasteiger partial charge in [0.25, 0.3) is 11.8 Å². The highest BCUT2D eigenvalue weighted by Crippen LogP contribution is 2.25. The summed E-state index contributed by atoms with van der Waals surface area (Å²) in [6.45, 7) is 1.90. The Hall–Kier alpha value is -2.38. The number of anilines is 1. The minimum atomic E-state index is -0.445. The number of rotatable bonds is 6. The zero-order valence-electron chi connectivity index (χ0n) is 14.6. The number of hydrogen-bond donors (Lipinski definition) is 1. The number of methoxy groups -OCH3 is 1. The van der Waals surface area contributed by atoms with Gasteiger partial charge in [0.1, 0.15) is 0 Å². The van der Waals surface area contributed by atoms with Gasteiger partial charge in [-0.2, -0.15) is 0 Å². The third-order valence-electron chi connectivity index (χ3n) is 3.70. The number of nitrogens with one attached hydrogen (secondary N) is 1. The molecule has 1 aromatic carbocycles. The Morgan fingerprint density at radius 1 is 1.31 bits per heavy atom. The summed E-state index contributed by atoms with van der Waals surface area (Å²) in [5.74, 6) is -1.41. The van der Waals surface area contributed by atoms with Gasteiger partial charge in [-0.05, 0) is 29.6 Å². The Labute approximate surface area is 160 Å². The van der Waals surface area contributed by atoms with Gasteiger partial charge in [0, 0.05) is 19.2 Å². The van der Waals surface area contributed by atoms with E-state index in [1.54, 1.807) is 43.6 Å². The number of ether oxygens (including phenoxy) is 1. The first-order valence-corrected chi connectivity index (χ1v) is 9.07. The molecule has 0 fully saturated rings. The van der Waals surface area contributed by atoms with Crippen molar-refractivity contribution in [3.05, 3.63) is 51.2 Å². The molecule has 0 bridgehead atoms. The van der Waals surface area contributed by atoms with Crippen LogP contribution in [-0.4, -0.2) is 43.4 Å². The van der Waals surface area contributed by atoms with Crippen molar-refractivity contribution in [2.75, 3.05) is 26.0 Å². The standard InChI is InChI=1S/C18H19ClN2O4S/c1-11(18(24)25-3)10-21(2)17(23)12-6-7-13(19)14(9-12)20-16(22)15-5-4-8-26-15/h4-9,11H,10H2,1-3H3,(H,20,22). The largest absolute Gasteiger partial charge is 0.469 e. The molecule has 0 spiro atoms. The van der Waals surface area contributed by atoms with Crippen molar-refractivity contribution in [2.24, 2.45) is 5.92 Å². The maximum absolute atomic E-state index is 12.6. The maximum Gasteiger partial charge on any atom is 0.310 e. The molecule has 2 aromatic rings. The van der Waals surface area contributed by atoms with E-state index in [1.807, 2.05) is 0 Å². The lowest BCUT2D eigenvalue weighted by molar-refractivity contribution is -0.145. The van der Waals surface area contributed by atoms with Gasteiger partial charge in [0.05, 0.1) is 28.6 Å². The number of amides is 2. The molecule has 0 saturated carbocycles. The highest BCUT2D eigenvalue weighted by Gasteiger charge is 2.20. The summed E-state index contributed by atoms with van der Waals surface area (Å²) in [6, 6.07) is 8.13. The number of carbonyl (C=O) groups is 3. The molecule has 0 aliphatic rings. The fraction of sp³-hybridized carbons (Fsp3) is 0.278. The molecule has 1 heterocycles. The quantitative estimate of drug-likeness (QED) is 0.760. The molecule has 0 aliphatic carbocycles. The molecular weight excluding hydrogens is 376 g/mol. The van der Waals surface area contributed by atoms with E-state index in [2.05, 4.69) is 10.1 Å². The molecule has 0 saturated heterocycles. The summed E-state index contributed by atoms with van der Waals surface area (Å²) in [7, 11) is 2.91. The summed E-state index contributed by atoms with van der Waals surface area (Å²) in [6.07, 6.45) is 0. The van der Waals surface area contributed by atoms with Crippen molar-refractivity contribution >= 4 is 46.4 Å². The summed E-state index contributed by atoms with van der Waals surface area (Å²) in [5.41, 5.74) is 0.709. The average Bonchev–Trinajstić information content (AvgIpc) is 3.16. The number of benzene rings is 1. The minimum absolute atomic E-state index is 0.213. The lowest BCUT2D eigenvalue weighted by Gasteiger charge is -2.21. The van der Waals surface area contributed by atoms with Crippen LogP contribution in [0, 0.1) is 5.92 Å². The number of thiophene rings is 1. The Morgan fingerprint density at radius 3 is 2.65 bits per heavy atom. The van der Waals surface area contributed by atoms with Crippen LogP contribution >= 0.6 is 22.9 Å². The van der Waals surface area contributed by atoms with Crippen LogP contribution in [0.25, 0.3) is 0 Å². The summed E-state index contributed by atoms with van der Waals surface area (Å²) in [4.78, 5) is 38.3. The summed E-state index contributed by atoms with van der Waals surface area (Å²) >= 11 is 7.44. The van der Waals surface area contributed by atoms with Crippen LogP contribution in [0.1, 0.15) is 27.0 Å². The van der Waals surface area contributed by atoms with E-state index in [1.165, 1.54) is 29.4 Å². The van der Waals surface area contributed by atoms with Gasteiger partial charge in [0.2, 0.25) is 0 Å². The van der Waals surface area contributed by atoms with E-state index in [0.717, 1.165) is 0 Å². The second kappa shape index (κ2) is 8.82. The van der Waals surface area contributed by atoms with Crippen molar-refractivity contribution in [3.63, 3.8) is 0 Å². The maximum atomic E-state index is 12.6. The number of hydrogen-bond acceptors (Lipinski definition) is 5. The summed E-state index contributed by atoms with van der Waals surface area (Å²) < 4.78 is 4.67. The molecule has 2 rings (SSSR count). The van der Waals surface area contributed by atoms with Gasteiger partial charge in [-0.3, -0.25) is 14.4 Å². The van der Waals surface area contributed by atoms with Crippen LogP contribution in [0.4, 0.5) is 5.69 Å². The van der Waals surface area contributed by atoms with Crippen LogP contribution in [-0.2, 0) is 9.53 Å². The predicted molar refractivity (Wildman–Crippen MR) is 102 cm³/mol. The zero-order chi connectivity index (χ0) is 19.3. The molecule has 0 radical (unpaired) electrons. The first-order chi connectivity index (χ1) is 12.3. The Bertz CT molecular complexity index is 808. The number of carbonyl (C=O) groups excluding carboxylic acids is 3. The molecule has 2 amide bonds. The van der Waals surface area contributed by atoms with Crippen LogP contribution in [0.2, 0.25) is 5.02 Å². The second-order valence-electron chi connectivity index (χ2n) is 5.74. The molecule has 1 aromatic heterocycles. The second-order valence-corrected chi connectivity index (χ2v) is 7.09. The van der Waals surface area contributed by atoms with Gasteiger partial charge >= 0.3 is 5.97 Å². The molecule has 138 valence electrons. The van der Waals surface area contributed by atoms with Gasteiger partial charge < -0.3 is 15.0 Å². The predicted octanol–water partition coefficient (Wildman–Crippen LogP) is 3.53. The Kier molecular flexibility index (Phi) is 6.76. The average molecular weight is 395 g/mol. The lowest BCUT2D eigenvalue weighted by atomic mass is 10.1. The van der Waals surface area contributed by atoms with E-state index >= 15 is 0 Å². The third-order valence-corrected chi connectivity index (χ3v) is 4.90. The highest BCUT2D eigenvalue weighted by molar-refractivity contribution is 7.12. The summed E-state index contributed by atoms with van der Waals surface area (Å²) in [5, 5.41) is 4.84. The smallest absolute Gasteiger partial charge is 0.310 e. The van der Waals surface area contributed by atoms with Gasteiger partial charge in [-0.15, -0.1) is 11.3 Å². The Morgan fingerprint density at radius 2 is 2.04 bits per heavy atom. The van der Waals surface area contributed by atoms with E-state index in [0.29, 0.717) is 21.2 Å². The zero-order valence-corrected chi connectivity index (χ0v) is 16.2. The van der Waals surface area contributed by atoms with Crippen LogP contribution in [0.3, 0.4) is 0 Å². The first kappa shape index (κ1) is 19.9. The molecule has 26 heavy (non-hydrogen) atoms. The highest BCUT2D eigenvalue weighted by atomic mass is 35.5. The third kappa shape index (κ3) is 4.83. The molecule has 1 atom stereocenters. The van der Waals surface area contributed by atoms with E-state index in [-0.39, 0.29) is 24.3 Å². The molecule has 0 aliphatic heterocycles. The number of nitrogens with zero attached hydrogens (tertiary/aromatic N) is 1. The fourth-order valence-electron chi connectivity index (χ4n) is 2.34.